The Morgan fingerprint density at radius 3 is 2.45 bits per heavy atom. The second-order valence-electron chi connectivity index (χ2n) is 5.80. The van der Waals surface area contributed by atoms with Crippen LogP contribution >= 0.6 is 34.7 Å². The normalized spacial score (nSPS) is 28.4. The molecule has 0 saturated carbocycles. The Morgan fingerprint density at radius 2 is 1.86 bits per heavy atom. The predicted molar refractivity (Wildman–Crippen MR) is 97.2 cm³/mol. The van der Waals surface area contributed by atoms with Gasteiger partial charge in [0.15, 0.2) is 0 Å². The molecule has 0 aromatic carbocycles. The fraction of sp³-hybridized carbons (Fsp3) is 0.600. The molecule has 2 rings (SSSR count). The van der Waals surface area contributed by atoms with Crippen LogP contribution in [0.15, 0.2) is 15.8 Å². The molecule has 0 bridgehead atoms. The van der Waals surface area contributed by atoms with E-state index in [1.54, 1.807) is 0 Å². The van der Waals surface area contributed by atoms with E-state index in [4.69, 9.17) is 14.5 Å². The van der Waals surface area contributed by atoms with Crippen molar-refractivity contribution >= 4 is 34.7 Å². The second-order valence-corrected chi connectivity index (χ2v) is 11.7. The van der Waals surface area contributed by atoms with Gasteiger partial charge >= 0.3 is 28.1 Å². The van der Waals surface area contributed by atoms with Crippen LogP contribution in [0.1, 0.15) is 18.2 Å². The molecule has 1 aromatic rings. The van der Waals surface area contributed by atoms with Crippen molar-refractivity contribution in [3.63, 3.8) is 0 Å². The molecule has 6 atom stereocenters. The van der Waals surface area contributed by atoms with Gasteiger partial charge in [0.05, 0.1) is 12.7 Å². The molecule has 1 aromatic heterocycles. The van der Waals surface area contributed by atoms with Crippen LogP contribution in [-0.4, -0.2) is 48.2 Å². The maximum absolute atomic E-state index is 11.9. The number of H-pyrrole nitrogens is 1. The van der Waals surface area contributed by atoms with Crippen molar-refractivity contribution in [3.8, 4) is 0 Å². The van der Waals surface area contributed by atoms with Gasteiger partial charge in [-0.3, -0.25) is 18.9 Å². The molecule has 1 fully saturated rings. The highest BCUT2D eigenvalue weighted by molar-refractivity contribution is 8.44. The summed E-state index contributed by atoms with van der Waals surface area (Å²) in [5.41, 5.74) is -1.22. The van der Waals surface area contributed by atoms with E-state index in [1.807, 2.05) is 4.98 Å². The predicted octanol–water partition coefficient (Wildman–Crippen LogP) is -0.226. The van der Waals surface area contributed by atoms with Crippen LogP contribution < -0.4 is 11.2 Å². The third-order valence-corrected chi connectivity index (χ3v) is 7.94. The Balaban J connectivity index is 2.03. The molecule has 1 aliphatic heterocycles. The standard InChI is InChI=1S/C10H17N2O13P3S/c1-5-3-12(10(15)11-9(5)14)8-2-6(13)7(23-8)4-22-26(16,17)24-27(18,19)25-28(20,21)29/h3,6-8,13H,2,4H2,1H3,(H,16,17)(H,18,19)(H,11,14,15)(H2,20,21,29)/t6?,7-,8-/m1/s1. The van der Waals surface area contributed by atoms with Crippen LogP contribution in [0.25, 0.3) is 0 Å². The number of thiol groups is 1. The van der Waals surface area contributed by atoms with E-state index < -0.39 is 58.7 Å². The highest BCUT2D eigenvalue weighted by Crippen LogP contribution is 2.68. The number of hydrogen-bond acceptors (Lipinski definition) is 10. The Hall–Kier alpha value is -0.600. The lowest BCUT2D eigenvalue weighted by molar-refractivity contribution is -0.0450. The first kappa shape index (κ1) is 24.7. The molecule has 15 nitrogen and oxygen atoms in total. The lowest BCUT2D eigenvalue weighted by atomic mass is 10.2. The quantitative estimate of drug-likeness (QED) is 0.202. The third-order valence-electron chi connectivity index (χ3n) is 3.48. The first-order chi connectivity index (χ1) is 13.1. The number of aromatic amines is 1. The smallest absolute Gasteiger partial charge is 0.390 e. The number of rotatable bonds is 8. The summed E-state index contributed by atoms with van der Waals surface area (Å²) in [6.07, 6.45) is -2.55. The van der Waals surface area contributed by atoms with Gasteiger partial charge in [-0.15, -0.1) is 0 Å². The highest BCUT2D eigenvalue weighted by atomic mass is 32.7. The van der Waals surface area contributed by atoms with Crippen LogP contribution in [0.4, 0.5) is 0 Å². The van der Waals surface area contributed by atoms with Gasteiger partial charge in [0.2, 0.25) is 0 Å². The summed E-state index contributed by atoms with van der Waals surface area (Å²) >= 11 is 2.96. The molecular weight excluding hydrogens is 481 g/mol. The molecule has 1 saturated heterocycles. The number of nitrogens with one attached hydrogen (secondary N) is 1. The zero-order valence-electron chi connectivity index (χ0n) is 14.4. The van der Waals surface area contributed by atoms with Crippen LogP contribution in [0, 0.1) is 6.92 Å². The Kier molecular flexibility index (Phi) is 7.54. The van der Waals surface area contributed by atoms with E-state index >= 15 is 0 Å². The van der Waals surface area contributed by atoms with Gasteiger partial charge in [0.25, 0.3) is 5.56 Å². The number of phosphoric acid groups is 2. The van der Waals surface area contributed by atoms with Gasteiger partial charge in [-0.1, -0.05) is 12.2 Å². The summed E-state index contributed by atoms with van der Waals surface area (Å²) < 4.78 is 52.3. The van der Waals surface area contributed by atoms with Gasteiger partial charge in [0.1, 0.15) is 12.3 Å². The van der Waals surface area contributed by atoms with E-state index in [0.717, 1.165) is 4.57 Å². The number of aromatic nitrogens is 2. The first-order valence-electron chi connectivity index (χ1n) is 7.52. The van der Waals surface area contributed by atoms with E-state index in [1.165, 1.54) is 13.1 Å². The number of hydrogen-bond donors (Lipinski definition) is 6. The van der Waals surface area contributed by atoms with E-state index in [2.05, 4.69) is 25.4 Å². The Labute approximate surface area is 167 Å². The van der Waals surface area contributed by atoms with E-state index in [9.17, 15) is 33.3 Å². The Bertz CT molecular complexity index is 1020. The molecule has 4 unspecified atom stereocenters. The van der Waals surface area contributed by atoms with Crippen LogP contribution in [-0.2, 0) is 31.6 Å². The summed E-state index contributed by atoms with van der Waals surface area (Å²) in [5.74, 6) is 0. The van der Waals surface area contributed by atoms with E-state index in [-0.39, 0.29) is 12.0 Å². The van der Waals surface area contributed by atoms with Crippen LogP contribution in [0.5, 0.6) is 0 Å². The largest absolute Gasteiger partial charge is 0.488 e. The molecule has 2 heterocycles. The fourth-order valence-corrected chi connectivity index (χ4v) is 6.17. The molecule has 0 amide bonds. The number of aliphatic hydroxyl groups is 1. The van der Waals surface area contributed by atoms with Crippen molar-refractivity contribution in [1.29, 1.82) is 0 Å². The molecule has 29 heavy (non-hydrogen) atoms. The molecule has 166 valence electrons. The average Bonchev–Trinajstić information content (AvgIpc) is 2.86. The fourth-order valence-electron chi connectivity index (χ4n) is 2.31. The van der Waals surface area contributed by atoms with Crippen molar-refractivity contribution < 1.29 is 51.4 Å². The highest BCUT2D eigenvalue weighted by Gasteiger charge is 2.42. The summed E-state index contributed by atoms with van der Waals surface area (Å²) in [6, 6.07) is 0. The van der Waals surface area contributed by atoms with Crippen molar-refractivity contribution in [2.24, 2.45) is 0 Å². The minimum Gasteiger partial charge on any atom is -0.390 e. The molecular formula is C10H17N2O13P3S. The second kappa shape index (κ2) is 8.87. The van der Waals surface area contributed by atoms with Gasteiger partial charge in [-0.2, -0.15) is 8.62 Å². The number of nitrogens with zero attached hydrogens (tertiary/aromatic N) is 1. The van der Waals surface area contributed by atoms with Crippen molar-refractivity contribution in [3.05, 3.63) is 32.6 Å². The maximum atomic E-state index is 11.9. The number of aryl methyl sites for hydroxylation is 1. The maximum Gasteiger partial charge on any atom is 0.488 e. The van der Waals surface area contributed by atoms with Gasteiger partial charge in [-0.05, 0) is 6.92 Å². The van der Waals surface area contributed by atoms with E-state index in [0.29, 0.717) is 0 Å². The SMILES string of the molecule is Cc1cn([C@H]2CC(O)[C@@H](COP(=O)(O)OP(=O)(O)OP(=O)(O)S)O2)c(=O)[nH]c1=O. The summed E-state index contributed by atoms with van der Waals surface area (Å²) in [6.45, 7) is -4.23. The van der Waals surface area contributed by atoms with Crippen LogP contribution in [0.2, 0.25) is 0 Å². The molecule has 1 aliphatic rings. The van der Waals surface area contributed by atoms with Gasteiger partial charge < -0.3 is 24.5 Å². The van der Waals surface area contributed by atoms with Gasteiger partial charge in [0, 0.05) is 18.2 Å². The lowest BCUT2D eigenvalue weighted by Gasteiger charge is -2.19. The zero-order chi connectivity index (χ0) is 22.2. The number of ether oxygens (including phenoxy) is 1. The minimum atomic E-state index is -5.50. The summed E-state index contributed by atoms with van der Waals surface area (Å²) in [7, 11) is -10.8. The molecule has 0 radical (unpaired) electrons. The topological polar surface area (TPSA) is 224 Å². The van der Waals surface area contributed by atoms with Crippen LogP contribution in [0.3, 0.4) is 0 Å². The minimum absolute atomic E-state index is 0.148. The monoisotopic (exact) mass is 498 g/mol. The molecule has 19 heteroatoms. The van der Waals surface area contributed by atoms with Crippen molar-refractivity contribution in [1.82, 2.24) is 9.55 Å². The number of aliphatic hydroxyl groups excluding tert-OH is 1. The Morgan fingerprint density at radius 1 is 1.24 bits per heavy atom. The molecule has 0 spiro atoms. The third kappa shape index (κ3) is 7.24. The first-order valence-corrected chi connectivity index (χ1v) is 13.2. The zero-order valence-corrected chi connectivity index (χ0v) is 18.0. The molecule has 0 aliphatic carbocycles. The number of phosphoric ester groups is 1. The van der Waals surface area contributed by atoms with Crippen molar-refractivity contribution in [2.75, 3.05) is 6.61 Å². The van der Waals surface area contributed by atoms with Gasteiger partial charge in [-0.25, -0.2) is 18.5 Å². The van der Waals surface area contributed by atoms with Crippen molar-refractivity contribution in [2.45, 2.75) is 31.8 Å². The molecule has 5 N–H and O–H groups in total. The summed E-state index contributed by atoms with van der Waals surface area (Å²) in [4.78, 5) is 52.7. The summed E-state index contributed by atoms with van der Waals surface area (Å²) in [5, 5.41) is 10.0. The lowest BCUT2D eigenvalue weighted by Crippen LogP contribution is -2.33. The average molecular weight is 498 g/mol.